The second-order valence-corrected chi connectivity index (χ2v) is 5.84. The van der Waals surface area contributed by atoms with Gasteiger partial charge in [-0.2, -0.15) is 0 Å². The zero-order valence-electron chi connectivity index (χ0n) is 12.5. The average molecular weight is 341 g/mol. The van der Waals surface area contributed by atoms with Gasteiger partial charge in [0.05, 0.1) is 4.92 Å². The maximum Gasteiger partial charge on any atom is 0.273 e. The number of nitrogens with one attached hydrogen (secondary N) is 1. The predicted molar refractivity (Wildman–Crippen MR) is 88.9 cm³/mol. The van der Waals surface area contributed by atoms with Gasteiger partial charge in [0.1, 0.15) is 5.01 Å². The van der Waals surface area contributed by atoms with Crippen molar-refractivity contribution in [1.82, 2.24) is 15.2 Å². The number of anilines is 1. The predicted octanol–water partition coefficient (Wildman–Crippen LogP) is 3.07. The fourth-order valence-corrected chi connectivity index (χ4v) is 2.75. The van der Waals surface area contributed by atoms with Crippen LogP contribution < -0.4 is 5.32 Å². The summed E-state index contributed by atoms with van der Waals surface area (Å²) in [5, 5.41) is 22.4. The molecule has 0 atom stereocenters. The Bertz CT molecular complexity index is 910. The molecule has 24 heavy (non-hydrogen) atoms. The molecule has 0 aliphatic rings. The second kappa shape index (κ2) is 6.50. The van der Waals surface area contributed by atoms with Gasteiger partial charge in [0.2, 0.25) is 5.13 Å². The lowest BCUT2D eigenvalue weighted by atomic mass is 10.1. The van der Waals surface area contributed by atoms with Crippen LogP contribution in [0.15, 0.2) is 42.7 Å². The lowest BCUT2D eigenvalue weighted by Gasteiger charge is -2.02. The highest BCUT2D eigenvalue weighted by Gasteiger charge is 2.16. The number of nitrogens with zero attached hydrogens (tertiary/aromatic N) is 4. The molecular formula is C15H11N5O3S. The van der Waals surface area contributed by atoms with E-state index in [4.69, 9.17) is 0 Å². The van der Waals surface area contributed by atoms with Gasteiger partial charge >= 0.3 is 0 Å². The van der Waals surface area contributed by atoms with Crippen LogP contribution in [-0.2, 0) is 0 Å². The summed E-state index contributed by atoms with van der Waals surface area (Å²) in [5.41, 5.74) is 1.42. The van der Waals surface area contributed by atoms with Crippen molar-refractivity contribution in [3.05, 3.63) is 64.0 Å². The Morgan fingerprint density at radius 1 is 1.21 bits per heavy atom. The van der Waals surface area contributed by atoms with Gasteiger partial charge in [-0.25, -0.2) is 0 Å². The van der Waals surface area contributed by atoms with E-state index in [-0.39, 0.29) is 11.3 Å². The van der Waals surface area contributed by atoms with E-state index in [1.165, 1.54) is 29.5 Å². The van der Waals surface area contributed by atoms with Crippen LogP contribution in [0.25, 0.3) is 10.6 Å². The quantitative estimate of drug-likeness (QED) is 0.576. The van der Waals surface area contributed by atoms with Crippen LogP contribution in [0.2, 0.25) is 0 Å². The van der Waals surface area contributed by atoms with Crippen molar-refractivity contribution in [3.63, 3.8) is 0 Å². The topological polar surface area (TPSA) is 111 Å². The van der Waals surface area contributed by atoms with Crippen LogP contribution in [0.4, 0.5) is 10.8 Å². The van der Waals surface area contributed by atoms with Crippen molar-refractivity contribution in [2.75, 3.05) is 5.32 Å². The number of nitro groups is 1. The number of benzene rings is 1. The molecule has 0 saturated carbocycles. The van der Waals surface area contributed by atoms with Crippen LogP contribution in [0, 0.1) is 17.0 Å². The molecule has 0 unspecified atom stereocenters. The number of carbonyl (C=O) groups is 1. The highest BCUT2D eigenvalue weighted by Crippen LogP contribution is 2.26. The summed E-state index contributed by atoms with van der Waals surface area (Å²) in [6.45, 7) is 1.62. The van der Waals surface area contributed by atoms with Crippen LogP contribution in [0.5, 0.6) is 0 Å². The second-order valence-electron chi connectivity index (χ2n) is 4.86. The molecule has 9 heteroatoms. The van der Waals surface area contributed by atoms with E-state index in [1.54, 1.807) is 31.5 Å². The minimum Gasteiger partial charge on any atom is -0.296 e. The van der Waals surface area contributed by atoms with Crippen molar-refractivity contribution in [2.45, 2.75) is 6.92 Å². The van der Waals surface area contributed by atoms with Gasteiger partial charge in [-0.1, -0.05) is 17.4 Å². The third kappa shape index (κ3) is 3.25. The summed E-state index contributed by atoms with van der Waals surface area (Å²) in [6, 6.07) is 7.89. The molecule has 0 aliphatic carbocycles. The number of aryl methyl sites for hydroxylation is 1. The number of nitro benzene ring substituents is 1. The molecule has 0 aliphatic heterocycles. The minimum atomic E-state index is -0.515. The molecule has 2 aromatic heterocycles. The van der Waals surface area contributed by atoms with Crippen molar-refractivity contribution >= 4 is 28.1 Å². The fourth-order valence-electron chi connectivity index (χ4n) is 2.00. The van der Waals surface area contributed by atoms with E-state index < -0.39 is 10.8 Å². The van der Waals surface area contributed by atoms with Crippen LogP contribution in [-0.4, -0.2) is 26.0 Å². The van der Waals surface area contributed by atoms with Gasteiger partial charge < -0.3 is 0 Å². The maximum absolute atomic E-state index is 12.2. The van der Waals surface area contributed by atoms with Crippen LogP contribution in [0.3, 0.4) is 0 Å². The summed E-state index contributed by atoms with van der Waals surface area (Å²) < 4.78 is 0. The summed E-state index contributed by atoms with van der Waals surface area (Å²) in [7, 11) is 0. The molecule has 1 amide bonds. The molecule has 0 spiro atoms. The van der Waals surface area contributed by atoms with Gasteiger partial charge in [-0.05, 0) is 25.1 Å². The van der Waals surface area contributed by atoms with E-state index in [0.717, 1.165) is 5.56 Å². The molecule has 120 valence electrons. The Morgan fingerprint density at radius 3 is 2.67 bits per heavy atom. The minimum absolute atomic E-state index is 0.0996. The van der Waals surface area contributed by atoms with Gasteiger partial charge in [0.15, 0.2) is 0 Å². The van der Waals surface area contributed by atoms with Gasteiger partial charge in [0.25, 0.3) is 11.6 Å². The van der Waals surface area contributed by atoms with E-state index in [2.05, 4.69) is 20.5 Å². The lowest BCUT2D eigenvalue weighted by Crippen LogP contribution is -2.12. The third-order valence-electron chi connectivity index (χ3n) is 3.24. The van der Waals surface area contributed by atoms with E-state index in [9.17, 15) is 14.9 Å². The number of pyridine rings is 1. The molecule has 8 nitrogen and oxygen atoms in total. The lowest BCUT2D eigenvalue weighted by molar-refractivity contribution is -0.385. The highest BCUT2D eigenvalue weighted by atomic mass is 32.1. The molecular weight excluding hydrogens is 330 g/mol. The highest BCUT2D eigenvalue weighted by molar-refractivity contribution is 7.18. The summed E-state index contributed by atoms with van der Waals surface area (Å²) in [6.07, 6.45) is 3.28. The van der Waals surface area contributed by atoms with E-state index in [0.29, 0.717) is 15.7 Å². The molecule has 0 bridgehead atoms. The zero-order chi connectivity index (χ0) is 17.1. The first kappa shape index (κ1) is 15.7. The largest absolute Gasteiger partial charge is 0.296 e. The Balaban J connectivity index is 1.80. The van der Waals surface area contributed by atoms with Crippen LogP contribution >= 0.6 is 11.3 Å². The molecule has 0 radical (unpaired) electrons. The number of amides is 1. The molecule has 3 aromatic rings. The smallest absolute Gasteiger partial charge is 0.273 e. The summed E-state index contributed by atoms with van der Waals surface area (Å²) in [4.78, 5) is 26.6. The standard InChI is InChI=1S/C15H11N5O3S/c1-9-2-3-11(8-12(9)20(22)23)13(21)17-15-19-18-14(24-15)10-4-6-16-7-5-10/h2-8H,1H3,(H,17,19,21). The molecule has 0 fully saturated rings. The van der Waals surface area contributed by atoms with E-state index in [1.807, 2.05) is 0 Å². The molecule has 1 N–H and O–H groups in total. The number of aromatic nitrogens is 3. The molecule has 0 saturated heterocycles. The molecule has 3 rings (SSSR count). The zero-order valence-corrected chi connectivity index (χ0v) is 13.3. The molecule has 2 heterocycles. The Kier molecular flexibility index (Phi) is 4.25. The Labute approximate surface area is 140 Å². The van der Waals surface area contributed by atoms with Crippen molar-refractivity contribution < 1.29 is 9.72 Å². The Hall–Kier alpha value is -3.20. The normalized spacial score (nSPS) is 10.4. The maximum atomic E-state index is 12.2. The fraction of sp³-hybridized carbons (Fsp3) is 0.0667. The first-order valence-electron chi connectivity index (χ1n) is 6.85. The van der Waals surface area contributed by atoms with Crippen LogP contribution in [0.1, 0.15) is 15.9 Å². The SMILES string of the molecule is Cc1ccc(C(=O)Nc2nnc(-c3ccncc3)s2)cc1[N+](=O)[O-]. The Morgan fingerprint density at radius 2 is 1.96 bits per heavy atom. The monoisotopic (exact) mass is 341 g/mol. The first-order valence-corrected chi connectivity index (χ1v) is 7.66. The molecule has 1 aromatic carbocycles. The number of hydrogen-bond donors (Lipinski definition) is 1. The average Bonchev–Trinajstić information content (AvgIpc) is 3.04. The number of carbonyl (C=O) groups excluding carboxylic acids is 1. The van der Waals surface area contributed by atoms with Gasteiger partial charge in [-0.15, -0.1) is 10.2 Å². The number of rotatable bonds is 4. The van der Waals surface area contributed by atoms with Gasteiger partial charge in [-0.3, -0.25) is 25.2 Å². The third-order valence-corrected chi connectivity index (χ3v) is 4.13. The summed E-state index contributed by atoms with van der Waals surface area (Å²) >= 11 is 1.21. The number of hydrogen-bond acceptors (Lipinski definition) is 7. The van der Waals surface area contributed by atoms with Crippen molar-refractivity contribution in [3.8, 4) is 10.6 Å². The summed E-state index contributed by atoms with van der Waals surface area (Å²) in [5.74, 6) is -0.476. The van der Waals surface area contributed by atoms with Crippen molar-refractivity contribution in [2.24, 2.45) is 0 Å². The van der Waals surface area contributed by atoms with Gasteiger partial charge in [0, 0.05) is 35.2 Å². The van der Waals surface area contributed by atoms with Crippen molar-refractivity contribution in [1.29, 1.82) is 0 Å². The first-order chi connectivity index (χ1) is 11.5. The van der Waals surface area contributed by atoms with E-state index >= 15 is 0 Å².